The van der Waals surface area contributed by atoms with Gasteiger partial charge in [0.05, 0.1) is 7.11 Å². The second kappa shape index (κ2) is 12.1. The van der Waals surface area contributed by atoms with Crippen LogP contribution in [0.25, 0.3) is 17.0 Å². The first-order valence-electron chi connectivity index (χ1n) is 11.6. The first-order chi connectivity index (χ1) is 15.6. The SMILES string of the molecule is CCCCCc1c(/C=C/C(=O)NC(C)CCCc2cccnc2)oc2cc(OC)ccc12. The molecule has 2 aromatic heterocycles. The summed E-state index contributed by atoms with van der Waals surface area (Å²) >= 11 is 0. The molecule has 3 aromatic rings. The lowest BCUT2D eigenvalue weighted by Crippen LogP contribution is -2.31. The summed E-state index contributed by atoms with van der Waals surface area (Å²) in [6.45, 7) is 4.24. The average molecular weight is 435 g/mol. The summed E-state index contributed by atoms with van der Waals surface area (Å²) in [5, 5.41) is 4.15. The van der Waals surface area contributed by atoms with Gasteiger partial charge in [-0.2, -0.15) is 0 Å². The molecule has 0 aliphatic carbocycles. The number of ether oxygens (including phenoxy) is 1. The smallest absolute Gasteiger partial charge is 0.244 e. The molecule has 1 aromatic carbocycles. The standard InChI is InChI=1S/C27H34N2O3/c1-4-5-6-12-23-24-14-13-22(31-3)18-26(24)32-25(23)15-16-27(30)29-20(2)9-7-10-21-11-8-17-28-19-21/h8,11,13-20H,4-7,9-10,12H2,1-3H3,(H,29,30)/b16-15+. The van der Waals surface area contributed by atoms with Crippen LogP contribution in [0.3, 0.4) is 0 Å². The number of fused-ring (bicyclic) bond motifs is 1. The number of pyridine rings is 1. The third-order valence-electron chi connectivity index (χ3n) is 5.66. The van der Waals surface area contributed by atoms with Gasteiger partial charge in [0.1, 0.15) is 17.1 Å². The Hall–Kier alpha value is -3.08. The number of amides is 1. The summed E-state index contributed by atoms with van der Waals surface area (Å²) in [6, 6.07) is 10.0. The number of nitrogens with one attached hydrogen (secondary N) is 1. The van der Waals surface area contributed by atoms with Crippen molar-refractivity contribution in [3.63, 3.8) is 0 Å². The third-order valence-corrected chi connectivity index (χ3v) is 5.66. The maximum Gasteiger partial charge on any atom is 0.244 e. The molecular weight excluding hydrogens is 400 g/mol. The van der Waals surface area contributed by atoms with Crippen LogP contribution in [0.2, 0.25) is 0 Å². The fraction of sp³-hybridized carbons (Fsp3) is 0.407. The first-order valence-corrected chi connectivity index (χ1v) is 11.6. The fourth-order valence-corrected chi connectivity index (χ4v) is 3.89. The van der Waals surface area contributed by atoms with E-state index < -0.39 is 0 Å². The van der Waals surface area contributed by atoms with E-state index in [0.717, 1.165) is 66.6 Å². The molecule has 32 heavy (non-hydrogen) atoms. The van der Waals surface area contributed by atoms with Gasteiger partial charge in [-0.15, -0.1) is 0 Å². The lowest BCUT2D eigenvalue weighted by atomic mass is 10.0. The normalized spacial score (nSPS) is 12.3. The Morgan fingerprint density at radius 1 is 1.22 bits per heavy atom. The molecule has 0 spiro atoms. The van der Waals surface area contributed by atoms with Crippen molar-refractivity contribution in [3.05, 3.63) is 65.7 Å². The molecule has 0 aliphatic heterocycles. The van der Waals surface area contributed by atoms with E-state index >= 15 is 0 Å². The summed E-state index contributed by atoms with van der Waals surface area (Å²) in [5.74, 6) is 1.42. The molecule has 5 heteroatoms. The number of rotatable bonds is 12. The summed E-state index contributed by atoms with van der Waals surface area (Å²) in [5.41, 5.74) is 3.17. The van der Waals surface area contributed by atoms with E-state index in [1.807, 2.05) is 37.4 Å². The van der Waals surface area contributed by atoms with E-state index in [0.29, 0.717) is 0 Å². The van der Waals surface area contributed by atoms with Gasteiger partial charge in [-0.1, -0.05) is 25.8 Å². The molecule has 0 bridgehead atoms. The number of carbonyl (C=O) groups excluding carboxylic acids is 1. The predicted octanol–water partition coefficient (Wildman–Crippen LogP) is 6.11. The van der Waals surface area contributed by atoms with Gasteiger partial charge in [-0.05, 0) is 68.9 Å². The Bertz CT molecular complexity index is 1020. The van der Waals surface area contributed by atoms with Crippen LogP contribution in [0.4, 0.5) is 0 Å². The van der Waals surface area contributed by atoms with Crippen molar-refractivity contribution in [2.24, 2.45) is 0 Å². The predicted molar refractivity (Wildman–Crippen MR) is 130 cm³/mol. The van der Waals surface area contributed by atoms with Crippen molar-refractivity contribution >= 4 is 23.0 Å². The minimum absolute atomic E-state index is 0.101. The van der Waals surface area contributed by atoms with Crippen LogP contribution in [0.15, 0.2) is 53.2 Å². The van der Waals surface area contributed by atoms with Gasteiger partial charge < -0.3 is 14.5 Å². The first kappa shape index (κ1) is 23.6. The molecule has 1 atom stereocenters. The Labute approximate surface area is 190 Å². The number of nitrogens with zero attached hydrogens (tertiary/aromatic N) is 1. The molecular formula is C27H34N2O3. The molecule has 0 radical (unpaired) electrons. The number of hydrogen-bond acceptors (Lipinski definition) is 4. The second-order valence-corrected chi connectivity index (χ2v) is 8.26. The van der Waals surface area contributed by atoms with Crippen LogP contribution in [0.5, 0.6) is 5.75 Å². The summed E-state index contributed by atoms with van der Waals surface area (Å²) in [4.78, 5) is 16.6. The Kier molecular flexibility index (Phi) is 8.90. The number of aromatic nitrogens is 1. The van der Waals surface area contributed by atoms with Crippen LogP contribution in [-0.2, 0) is 17.6 Å². The molecule has 0 fully saturated rings. The van der Waals surface area contributed by atoms with Crippen molar-refractivity contribution < 1.29 is 13.9 Å². The number of hydrogen-bond donors (Lipinski definition) is 1. The number of aryl methyl sites for hydroxylation is 2. The van der Waals surface area contributed by atoms with E-state index in [-0.39, 0.29) is 11.9 Å². The van der Waals surface area contributed by atoms with Gasteiger partial charge >= 0.3 is 0 Å². The molecule has 2 heterocycles. The largest absolute Gasteiger partial charge is 0.497 e. The highest BCUT2D eigenvalue weighted by Crippen LogP contribution is 2.31. The number of benzene rings is 1. The molecule has 0 aliphatic rings. The highest BCUT2D eigenvalue weighted by Gasteiger charge is 2.13. The Balaban J connectivity index is 1.61. The van der Waals surface area contributed by atoms with Gasteiger partial charge in [0.2, 0.25) is 5.91 Å². The van der Waals surface area contributed by atoms with Gasteiger partial charge in [-0.3, -0.25) is 9.78 Å². The van der Waals surface area contributed by atoms with Gasteiger partial charge in [0, 0.05) is 41.5 Å². The Morgan fingerprint density at radius 2 is 2.09 bits per heavy atom. The number of carbonyl (C=O) groups is 1. The van der Waals surface area contributed by atoms with E-state index in [9.17, 15) is 4.79 Å². The van der Waals surface area contributed by atoms with Crippen molar-refractivity contribution in [1.29, 1.82) is 0 Å². The molecule has 3 rings (SSSR count). The molecule has 0 saturated carbocycles. The molecule has 5 nitrogen and oxygen atoms in total. The minimum Gasteiger partial charge on any atom is -0.497 e. The topological polar surface area (TPSA) is 64.4 Å². The van der Waals surface area contributed by atoms with Crippen molar-refractivity contribution in [2.45, 2.75) is 64.8 Å². The van der Waals surface area contributed by atoms with E-state index in [4.69, 9.17) is 9.15 Å². The van der Waals surface area contributed by atoms with Crippen molar-refractivity contribution in [2.75, 3.05) is 7.11 Å². The summed E-state index contributed by atoms with van der Waals surface area (Å²) in [6.07, 6.45) is 14.3. The van der Waals surface area contributed by atoms with E-state index in [2.05, 4.69) is 23.3 Å². The van der Waals surface area contributed by atoms with E-state index in [1.165, 1.54) is 12.0 Å². The molecule has 1 N–H and O–H groups in total. The van der Waals surface area contributed by atoms with Gasteiger partial charge in [-0.25, -0.2) is 0 Å². The quantitative estimate of drug-likeness (QED) is 0.276. The summed E-state index contributed by atoms with van der Waals surface area (Å²) in [7, 11) is 1.65. The zero-order chi connectivity index (χ0) is 22.8. The lowest BCUT2D eigenvalue weighted by Gasteiger charge is -2.12. The van der Waals surface area contributed by atoms with Crippen LogP contribution >= 0.6 is 0 Å². The van der Waals surface area contributed by atoms with Crippen molar-refractivity contribution in [1.82, 2.24) is 10.3 Å². The van der Waals surface area contributed by atoms with Crippen LogP contribution in [0, 0.1) is 0 Å². The monoisotopic (exact) mass is 434 g/mol. The van der Waals surface area contributed by atoms with Gasteiger partial charge in [0.25, 0.3) is 0 Å². The van der Waals surface area contributed by atoms with Crippen LogP contribution in [-0.4, -0.2) is 24.0 Å². The molecule has 1 unspecified atom stereocenters. The zero-order valence-corrected chi connectivity index (χ0v) is 19.4. The average Bonchev–Trinajstić information content (AvgIpc) is 3.15. The maximum atomic E-state index is 12.5. The third kappa shape index (κ3) is 6.71. The van der Waals surface area contributed by atoms with E-state index in [1.54, 1.807) is 25.5 Å². The molecule has 170 valence electrons. The van der Waals surface area contributed by atoms with Gasteiger partial charge in [0.15, 0.2) is 0 Å². The zero-order valence-electron chi connectivity index (χ0n) is 19.4. The molecule has 1 amide bonds. The minimum atomic E-state index is -0.101. The van der Waals surface area contributed by atoms with Crippen LogP contribution in [0.1, 0.15) is 62.8 Å². The number of unbranched alkanes of at least 4 members (excludes halogenated alkanes) is 2. The maximum absolute atomic E-state index is 12.5. The molecule has 0 saturated heterocycles. The van der Waals surface area contributed by atoms with Crippen molar-refractivity contribution in [3.8, 4) is 5.75 Å². The van der Waals surface area contributed by atoms with Crippen LogP contribution < -0.4 is 10.1 Å². The second-order valence-electron chi connectivity index (χ2n) is 8.26. The highest BCUT2D eigenvalue weighted by atomic mass is 16.5. The highest BCUT2D eigenvalue weighted by molar-refractivity contribution is 5.93. The Morgan fingerprint density at radius 3 is 2.84 bits per heavy atom. The lowest BCUT2D eigenvalue weighted by molar-refractivity contribution is -0.117. The number of methoxy groups -OCH3 is 1. The fourth-order valence-electron chi connectivity index (χ4n) is 3.89. The summed E-state index contributed by atoms with van der Waals surface area (Å²) < 4.78 is 11.4. The number of furan rings is 1.